The number of Topliss-reactive ketones (excluding diaryl/α,β-unsaturated/α-hetero) is 1. The van der Waals surface area contributed by atoms with Gasteiger partial charge in [-0.1, -0.05) is 12.1 Å². The molecule has 1 aromatic rings. The summed E-state index contributed by atoms with van der Waals surface area (Å²) in [7, 11) is 1.61. The molecule has 0 aliphatic heterocycles. The second-order valence-electron chi connectivity index (χ2n) is 2.87. The molecule has 1 rings (SSSR count). The minimum atomic E-state index is 0.0603. The van der Waals surface area contributed by atoms with Crippen molar-refractivity contribution >= 4 is 17.6 Å². The molecule has 0 fully saturated rings. The van der Waals surface area contributed by atoms with Crippen LogP contribution in [0.3, 0.4) is 0 Å². The fourth-order valence-corrected chi connectivity index (χ4v) is 1.26. The fraction of sp³-hybridized carbons (Fsp3) is 0.300. The Morgan fingerprint density at radius 2 is 2.07 bits per heavy atom. The Bertz CT molecular complexity index is 297. The Balaban J connectivity index is 2.55. The molecule has 4 heteroatoms. The Labute approximate surface area is 88.1 Å². The number of nitrogens with one attached hydrogen (secondary N) is 1. The first-order valence-corrected chi connectivity index (χ1v) is 4.62. The van der Waals surface area contributed by atoms with Crippen molar-refractivity contribution < 1.29 is 9.53 Å². The zero-order chi connectivity index (χ0) is 10.4. The lowest BCUT2D eigenvalue weighted by Crippen LogP contribution is -2.16. The molecule has 0 unspecified atom stereocenters. The minimum Gasteiger partial charge on any atom is -0.497 e. The molecule has 0 atom stereocenters. The molecule has 0 heterocycles. The minimum absolute atomic E-state index is 0.0603. The van der Waals surface area contributed by atoms with E-state index in [2.05, 4.69) is 4.84 Å². The average molecular weight is 214 g/mol. The van der Waals surface area contributed by atoms with E-state index in [0.717, 1.165) is 11.3 Å². The molecule has 0 saturated heterocycles. The number of hydrogen-bond acceptors (Lipinski definition) is 3. The third-order valence-corrected chi connectivity index (χ3v) is 1.96. The van der Waals surface area contributed by atoms with Gasteiger partial charge < -0.3 is 4.74 Å². The molecule has 0 aromatic heterocycles. The number of methoxy groups -OCH3 is 1. The van der Waals surface area contributed by atoms with Crippen LogP contribution in [0, 0.1) is 0 Å². The van der Waals surface area contributed by atoms with Crippen LogP contribution < -0.4 is 9.57 Å². The first-order valence-electron chi connectivity index (χ1n) is 4.24. The largest absolute Gasteiger partial charge is 0.497 e. The average Bonchev–Trinajstić information content (AvgIpc) is 2.19. The van der Waals surface area contributed by atoms with Crippen LogP contribution in [0.5, 0.6) is 5.75 Å². The second-order valence-corrected chi connectivity index (χ2v) is 3.14. The van der Waals surface area contributed by atoms with E-state index in [-0.39, 0.29) is 12.3 Å². The van der Waals surface area contributed by atoms with Crippen molar-refractivity contribution in [1.82, 2.24) is 4.84 Å². The van der Waals surface area contributed by atoms with Gasteiger partial charge in [-0.3, -0.25) is 4.79 Å². The van der Waals surface area contributed by atoms with Gasteiger partial charge in [-0.2, -0.15) is 0 Å². The molecule has 1 N–H and O–H groups in total. The summed E-state index contributed by atoms with van der Waals surface area (Å²) in [5.41, 5.74) is 0.961. The summed E-state index contributed by atoms with van der Waals surface area (Å²) in [5, 5.41) is 0. The van der Waals surface area contributed by atoms with Crippen LogP contribution in [-0.2, 0) is 11.2 Å². The topological polar surface area (TPSA) is 38.3 Å². The smallest absolute Gasteiger partial charge is 0.152 e. The monoisotopic (exact) mass is 213 g/mol. The van der Waals surface area contributed by atoms with Gasteiger partial charge in [-0.25, -0.2) is 4.84 Å². The van der Waals surface area contributed by atoms with Crippen molar-refractivity contribution in [2.24, 2.45) is 0 Å². The molecular formula is C10H12ClNO2. The number of halogens is 1. The molecule has 3 nitrogen and oxygen atoms in total. The van der Waals surface area contributed by atoms with E-state index >= 15 is 0 Å². The Morgan fingerprint density at radius 1 is 1.43 bits per heavy atom. The highest BCUT2D eigenvalue weighted by Crippen LogP contribution is 2.11. The van der Waals surface area contributed by atoms with Crippen LogP contribution in [0.4, 0.5) is 0 Å². The first kappa shape index (κ1) is 11.0. The highest BCUT2D eigenvalue weighted by Gasteiger charge is 2.02. The van der Waals surface area contributed by atoms with E-state index < -0.39 is 0 Å². The number of rotatable bonds is 5. The summed E-state index contributed by atoms with van der Waals surface area (Å²) in [6, 6.07) is 7.39. The van der Waals surface area contributed by atoms with Crippen LogP contribution in [0.1, 0.15) is 5.56 Å². The summed E-state index contributed by atoms with van der Waals surface area (Å²) >= 11 is 5.22. The zero-order valence-corrected chi connectivity index (χ0v) is 8.67. The number of carbonyl (C=O) groups is 1. The molecule has 76 valence electrons. The van der Waals surface area contributed by atoms with Gasteiger partial charge in [0.15, 0.2) is 5.78 Å². The van der Waals surface area contributed by atoms with Gasteiger partial charge in [-0.05, 0) is 29.5 Å². The molecule has 1 aromatic carbocycles. The Kier molecular flexibility index (Phi) is 4.43. The molecule has 14 heavy (non-hydrogen) atoms. The van der Waals surface area contributed by atoms with Crippen molar-refractivity contribution in [3.63, 3.8) is 0 Å². The van der Waals surface area contributed by atoms with E-state index in [1.807, 2.05) is 24.3 Å². The number of ketones is 1. The first-order chi connectivity index (χ1) is 6.76. The summed E-state index contributed by atoms with van der Waals surface area (Å²) in [4.78, 5) is 13.5. The Hall–Kier alpha value is -1.06. The lowest BCUT2D eigenvalue weighted by atomic mass is 10.1. The van der Waals surface area contributed by atoms with Crippen LogP contribution in [0.2, 0.25) is 0 Å². The van der Waals surface area contributed by atoms with Gasteiger partial charge in [0.1, 0.15) is 5.75 Å². The summed E-state index contributed by atoms with van der Waals surface area (Å²) in [6.07, 6.45) is 0.393. The van der Waals surface area contributed by atoms with E-state index in [4.69, 9.17) is 16.5 Å². The van der Waals surface area contributed by atoms with E-state index in [0.29, 0.717) is 6.42 Å². The van der Waals surface area contributed by atoms with Crippen LogP contribution in [0.25, 0.3) is 0 Å². The van der Waals surface area contributed by atoms with Crippen LogP contribution in [-0.4, -0.2) is 19.4 Å². The van der Waals surface area contributed by atoms with Crippen molar-refractivity contribution in [1.29, 1.82) is 0 Å². The number of ether oxygens (including phenoxy) is 1. The molecule has 0 aliphatic rings. The van der Waals surface area contributed by atoms with Crippen LogP contribution >= 0.6 is 11.8 Å². The van der Waals surface area contributed by atoms with Crippen molar-refractivity contribution in [3.05, 3.63) is 29.8 Å². The third kappa shape index (κ3) is 3.36. The maximum atomic E-state index is 11.2. The van der Waals surface area contributed by atoms with Gasteiger partial charge in [0.05, 0.1) is 13.7 Å². The number of carbonyl (C=O) groups excluding carboxylic acids is 1. The van der Waals surface area contributed by atoms with Gasteiger partial charge in [0, 0.05) is 6.42 Å². The van der Waals surface area contributed by atoms with Crippen LogP contribution in [0.15, 0.2) is 24.3 Å². The summed E-state index contributed by atoms with van der Waals surface area (Å²) in [5.74, 6) is 0.849. The van der Waals surface area contributed by atoms with E-state index in [1.54, 1.807) is 7.11 Å². The SMILES string of the molecule is COc1ccc(CC(=O)CNCl)cc1. The predicted octanol–water partition coefficient (Wildman–Crippen LogP) is 1.55. The maximum absolute atomic E-state index is 11.2. The quantitative estimate of drug-likeness (QED) is 0.755. The molecule has 0 spiro atoms. The van der Waals surface area contributed by atoms with E-state index in [1.165, 1.54) is 0 Å². The second kappa shape index (κ2) is 5.62. The van der Waals surface area contributed by atoms with Crippen molar-refractivity contribution in [2.75, 3.05) is 13.7 Å². The number of benzene rings is 1. The molecule has 0 saturated carbocycles. The predicted molar refractivity (Wildman–Crippen MR) is 55.6 cm³/mol. The standard InChI is InChI=1S/C10H12ClNO2/c1-14-10-4-2-8(3-5-10)6-9(13)7-12-11/h2-5,12H,6-7H2,1H3. The fourth-order valence-electron chi connectivity index (χ4n) is 1.11. The van der Waals surface area contributed by atoms with Crippen molar-refractivity contribution in [2.45, 2.75) is 6.42 Å². The lowest BCUT2D eigenvalue weighted by Gasteiger charge is -2.02. The molecule has 0 radical (unpaired) electrons. The molecule has 0 aliphatic carbocycles. The lowest BCUT2D eigenvalue weighted by molar-refractivity contribution is -0.117. The third-order valence-electron chi connectivity index (χ3n) is 1.82. The highest BCUT2D eigenvalue weighted by atomic mass is 35.5. The Morgan fingerprint density at radius 3 is 2.57 bits per heavy atom. The summed E-state index contributed by atoms with van der Waals surface area (Å²) in [6.45, 7) is 0.188. The van der Waals surface area contributed by atoms with Gasteiger partial charge in [0.25, 0.3) is 0 Å². The highest BCUT2D eigenvalue weighted by molar-refractivity contribution is 6.14. The van der Waals surface area contributed by atoms with E-state index in [9.17, 15) is 4.79 Å². The van der Waals surface area contributed by atoms with Gasteiger partial charge >= 0.3 is 0 Å². The molecule has 0 bridgehead atoms. The number of hydrogen-bond donors (Lipinski definition) is 1. The zero-order valence-electron chi connectivity index (χ0n) is 7.92. The maximum Gasteiger partial charge on any atom is 0.152 e. The summed E-state index contributed by atoms with van der Waals surface area (Å²) < 4.78 is 5.00. The molecular weight excluding hydrogens is 202 g/mol. The molecule has 0 amide bonds. The van der Waals surface area contributed by atoms with Crippen molar-refractivity contribution in [3.8, 4) is 5.75 Å². The van der Waals surface area contributed by atoms with Gasteiger partial charge in [0.2, 0.25) is 0 Å². The van der Waals surface area contributed by atoms with Gasteiger partial charge in [-0.15, -0.1) is 0 Å². The normalized spacial score (nSPS) is 9.86.